The van der Waals surface area contributed by atoms with Crippen LogP contribution in [0.1, 0.15) is 94.9 Å². The number of cyclic esters (lactones) is 1. The summed E-state index contributed by atoms with van der Waals surface area (Å²) in [5.74, 6) is -4.60. The lowest BCUT2D eigenvalue weighted by Crippen LogP contribution is -2.61. The van der Waals surface area contributed by atoms with Gasteiger partial charge in [0.25, 0.3) is 0 Å². The average molecular weight is 774 g/mol. The van der Waals surface area contributed by atoms with Gasteiger partial charge in [-0.1, -0.05) is 33.8 Å². The number of rotatable bonds is 10. The molecule has 3 fully saturated rings. The fourth-order valence-electron chi connectivity index (χ4n) is 8.78. The minimum absolute atomic E-state index is 0.0658. The Morgan fingerprint density at radius 1 is 0.926 bits per heavy atom. The quantitative estimate of drug-likeness (QED) is 0.188. The third kappa shape index (κ3) is 10.1. The number of carbonyl (C=O) groups is 2. The van der Waals surface area contributed by atoms with Gasteiger partial charge in [0.05, 0.1) is 54.2 Å². The van der Waals surface area contributed by atoms with Gasteiger partial charge < -0.3 is 58.5 Å². The Morgan fingerprint density at radius 3 is 2.11 bits per heavy atom. The molecule has 0 aromatic carbocycles. The number of ketones is 1. The number of hydrogen-bond donors (Lipinski definition) is 4. The van der Waals surface area contributed by atoms with E-state index >= 15 is 0 Å². The smallest absolute Gasteiger partial charge is 0.311 e. The molecular formula is C40H71NO13. The molecule has 0 saturated carbocycles. The molecule has 1 unspecified atom stereocenters. The number of nitrogens with zero attached hydrogens (tertiary/aromatic N) is 1. The van der Waals surface area contributed by atoms with Gasteiger partial charge in [0.15, 0.2) is 12.6 Å². The number of aliphatic hydroxyl groups is 4. The number of methoxy groups -OCH3 is 1. The van der Waals surface area contributed by atoms with Crippen LogP contribution >= 0.6 is 0 Å². The first-order valence-corrected chi connectivity index (χ1v) is 19.6. The number of esters is 1. The van der Waals surface area contributed by atoms with Crippen LogP contribution in [0, 0.1) is 23.7 Å². The van der Waals surface area contributed by atoms with E-state index in [1.54, 1.807) is 54.5 Å². The van der Waals surface area contributed by atoms with E-state index in [4.69, 9.17) is 33.2 Å². The van der Waals surface area contributed by atoms with Crippen molar-refractivity contribution < 1.29 is 63.2 Å². The van der Waals surface area contributed by atoms with Crippen LogP contribution in [0.3, 0.4) is 0 Å². The van der Waals surface area contributed by atoms with Crippen molar-refractivity contribution in [3.05, 3.63) is 12.7 Å². The van der Waals surface area contributed by atoms with Crippen LogP contribution in [0.4, 0.5) is 0 Å². The van der Waals surface area contributed by atoms with Gasteiger partial charge in [0.1, 0.15) is 29.7 Å². The van der Waals surface area contributed by atoms with Crippen molar-refractivity contribution in [1.29, 1.82) is 0 Å². The van der Waals surface area contributed by atoms with Gasteiger partial charge in [-0.25, -0.2) is 0 Å². The Hall–Kier alpha value is -1.56. The number of ether oxygens (including phenoxy) is 7. The number of likely N-dealkylation sites (N-methyl/N-ethyl adjacent to an activating group) is 1. The summed E-state index contributed by atoms with van der Waals surface area (Å²) in [7, 11) is 5.25. The standard InChI is InChI=1S/C40H71NO13/c1-15-17-49-39(10)19-21(3)30(42)23(5)33(44)40(11,47)28(16-2)52-36(46)25(7)32(53-29-20-38(9,48-14)34(45)26(8)51-29)24(6)35(39)54-37-31(43)27(41(12)13)18-22(4)50-37/h15,21-29,31-35,37,43-45,47H,1,16-20H2,2-14H3/t21-,22-,23+,24+,25-,26+,27+,28-,29+,31-,32?,33-,34+,35-,37+,38-,39-,40-/m1/s1. The minimum atomic E-state index is -1.98. The first-order chi connectivity index (χ1) is 25.0. The number of hydrogen-bond acceptors (Lipinski definition) is 14. The summed E-state index contributed by atoms with van der Waals surface area (Å²) in [4.78, 5) is 30.3. The highest BCUT2D eigenvalue weighted by Crippen LogP contribution is 2.42. The lowest BCUT2D eigenvalue weighted by atomic mass is 9.73. The van der Waals surface area contributed by atoms with E-state index in [1.165, 1.54) is 14.0 Å². The van der Waals surface area contributed by atoms with E-state index in [0.717, 1.165) is 0 Å². The molecule has 14 heteroatoms. The zero-order valence-electron chi connectivity index (χ0n) is 34.9. The summed E-state index contributed by atoms with van der Waals surface area (Å²) in [6.45, 7) is 21.0. The second kappa shape index (κ2) is 18.8. The molecule has 3 rings (SSSR count). The van der Waals surface area contributed by atoms with Gasteiger partial charge in [-0.05, 0) is 74.9 Å². The van der Waals surface area contributed by atoms with Crippen molar-refractivity contribution >= 4 is 11.8 Å². The summed E-state index contributed by atoms with van der Waals surface area (Å²) in [5, 5.41) is 45.8. The van der Waals surface area contributed by atoms with Crippen molar-refractivity contribution in [2.75, 3.05) is 27.8 Å². The van der Waals surface area contributed by atoms with E-state index in [-0.39, 0.29) is 43.8 Å². The van der Waals surface area contributed by atoms with Crippen molar-refractivity contribution in [3.63, 3.8) is 0 Å². The zero-order chi connectivity index (χ0) is 41.1. The van der Waals surface area contributed by atoms with Crippen LogP contribution in [0.2, 0.25) is 0 Å². The number of carbonyl (C=O) groups excluding carboxylic acids is 2. The van der Waals surface area contributed by atoms with Crippen LogP contribution in [0.5, 0.6) is 0 Å². The third-order valence-corrected chi connectivity index (χ3v) is 12.3. The maximum absolute atomic E-state index is 14.3. The van der Waals surface area contributed by atoms with E-state index in [9.17, 15) is 30.0 Å². The van der Waals surface area contributed by atoms with Gasteiger partial charge in [0, 0.05) is 37.3 Å². The van der Waals surface area contributed by atoms with Gasteiger partial charge in [-0.2, -0.15) is 0 Å². The Balaban J connectivity index is 2.27. The average Bonchev–Trinajstić information content (AvgIpc) is 3.11. The molecule has 3 aliphatic rings. The van der Waals surface area contributed by atoms with Crippen molar-refractivity contribution in [2.24, 2.45) is 23.7 Å². The fourth-order valence-corrected chi connectivity index (χ4v) is 8.78. The molecule has 54 heavy (non-hydrogen) atoms. The van der Waals surface area contributed by atoms with Crippen molar-refractivity contribution in [2.45, 2.75) is 179 Å². The molecule has 0 aromatic heterocycles. The van der Waals surface area contributed by atoms with Crippen LogP contribution in [-0.2, 0) is 42.7 Å². The lowest BCUT2D eigenvalue weighted by Gasteiger charge is -2.50. The van der Waals surface area contributed by atoms with E-state index in [1.807, 2.05) is 32.8 Å². The molecule has 314 valence electrons. The highest BCUT2D eigenvalue weighted by Gasteiger charge is 2.54. The largest absolute Gasteiger partial charge is 0.459 e. The molecular weight excluding hydrogens is 702 g/mol. The van der Waals surface area contributed by atoms with Gasteiger partial charge in [-0.3, -0.25) is 9.59 Å². The number of Topliss-reactive ketones (excluding diaryl/α,β-unsaturated/α-hetero) is 1. The molecule has 0 aromatic rings. The Morgan fingerprint density at radius 2 is 1.56 bits per heavy atom. The van der Waals surface area contributed by atoms with Crippen molar-refractivity contribution in [3.8, 4) is 0 Å². The molecule has 14 nitrogen and oxygen atoms in total. The van der Waals surface area contributed by atoms with Crippen molar-refractivity contribution in [1.82, 2.24) is 4.90 Å². The van der Waals surface area contributed by atoms with Crippen LogP contribution in [0.25, 0.3) is 0 Å². The van der Waals surface area contributed by atoms with Gasteiger partial charge in [-0.15, -0.1) is 6.58 Å². The summed E-state index contributed by atoms with van der Waals surface area (Å²) >= 11 is 0. The highest BCUT2D eigenvalue weighted by atomic mass is 16.7. The zero-order valence-corrected chi connectivity index (χ0v) is 34.9. The Bertz CT molecular complexity index is 1250. The van der Waals surface area contributed by atoms with E-state index in [0.29, 0.717) is 6.42 Å². The first-order valence-electron chi connectivity index (χ1n) is 19.6. The van der Waals surface area contributed by atoms with Crippen LogP contribution < -0.4 is 0 Å². The second-order valence-corrected chi connectivity index (χ2v) is 17.0. The Labute approximate surface area is 322 Å². The molecule has 3 saturated heterocycles. The molecule has 0 radical (unpaired) electrons. The topological polar surface area (TPSA) is 183 Å². The molecule has 3 heterocycles. The monoisotopic (exact) mass is 773 g/mol. The lowest BCUT2D eigenvalue weighted by molar-refractivity contribution is -0.320. The second-order valence-electron chi connectivity index (χ2n) is 17.0. The Kier molecular flexibility index (Phi) is 16.3. The van der Waals surface area contributed by atoms with Crippen LogP contribution in [-0.4, -0.2) is 149 Å². The highest BCUT2D eigenvalue weighted by molar-refractivity contribution is 5.83. The molecule has 0 amide bonds. The maximum atomic E-state index is 14.3. The first kappa shape index (κ1) is 46.8. The molecule has 18 atom stereocenters. The van der Waals surface area contributed by atoms with E-state index < -0.39 is 102 Å². The third-order valence-electron chi connectivity index (χ3n) is 12.3. The summed E-state index contributed by atoms with van der Waals surface area (Å²) in [6.07, 6.45) is -7.41. The predicted molar refractivity (Wildman–Crippen MR) is 200 cm³/mol. The normalized spacial score (nSPS) is 47.6. The van der Waals surface area contributed by atoms with Gasteiger partial charge in [0.2, 0.25) is 0 Å². The molecule has 0 spiro atoms. The van der Waals surface area contributed by atoms with Crippen LogP contribution in [0.15, 0.2) is 12.7 Å². The molecule has 0 bridgehead atoms. The summed E-state index contributed by atoms with van der Waals surface area (Å²) < 4.78 is 44.4. The molecule has 3 aliphatic heterocycles. The summed E-state index contributed by atoms with van der Waals surface area (Å²) in [6, 6.07) is -0.300. The number of aliphatic hydroxyl groups excluding tert-OH is 3. The van der Waals surface area contributed by atoms with E-state index in [2.05, 4.69) is 6.58 Å². The van der Waals surface area contributed by atoms with Gasteiger partial charge >= 0.3 is 5.97 Å². The molecule has 4 N–H and O–H groups in total. The summed E-state index contributed by atoms with van der Waals surface area (Å²) in [5.41, 5.74) is -4.33. The predicted octanol–water partition coefficient (Wildman–Crippen LogP) is 3.00. The molecule has 0 aliphatic carbocycles. The minimum Gasteiger partial charge on any atom is -0.459 e. The SMILES string of the molecule is C=CCO[C@]1(C)C[C@@H](C)C(=O)[C@H](C)[C@@H](O)[C@](C)(O)[C@@H](CC)OC(=O)[C@H](C)C(O[C@H]2C[C@@](C)(OC)[C@@H](O)[C@H](C)O2)[C@H](C)[C@H]1O[C@@H]1O[C@H](C)C[C@H](N(C)C)[C@H]1O. The maximum Gasteiger partial charge on any atom is 0.311 e. The fraction of sp³-hybridized carbons (Fsp3) is 0.900.